The number of halogens is 4. The van der Waals surface area contributed by atoms with Crippen molar-refractivity contribution in [3.8, 4) is 0 Å². The van der Waals surface area contributed by atoms with Crippen LogP contribution in [0.1, 0.15) is 19.8 Å². The lowest BCUT2D eigenvalue weighted by Gasteiger charge is -2.36. The number of alkyl halides is 3. The smallest absolute Gasteiger partial charge is 0.314 e. The van der Waals surface area contributed by atoms with Crippen LogP contribution < -0.4 is 10.0 Å². The van der Waals surface area contributed by atoms with Crippen LogP contribution in [0.5, 0.6) is 0 Å². The molecule has 0 radical (unpaired) electrons. The van der Waals surface area contributed by atoms with Crippen molar-refractivity contribution in [1.82, 2.24) is 19.2 Å². The molecule has 24 heavy (non-hydrogen) atoms. The third-order valence-electron chi connectivity index (χ3n) is 4.39. The summed E-state index contributed by atoms with van der Waals surface area (Å²) >= 11 is 0. The van der Waals surface area contributed by atoms with Gasteiger partial charge in [-0.05, 0) is 18.8 Å². The van der Waals surface area contributed by atoms with Gasteiger partial charge in [-0.1, -0.05) is 6.92 Å². The van der Waals surface area contributed by atoms with Crippen LogP contribution in [0, 0.1) is 5.92 Å². The van der Waals surface area contributed by atoms with E-state index in [1.165, 1.54) is 9.21 Å². The molecule has 144 valence electrons. The van der Waals surface area contributed by atoms with Crippen LogP contribution in [0.2, 0.25) is 0 Å². The Hall–Kier alpha value is -0.130. The van der Waals surface area contributed by atoms with E-state index in [1.807, 2.05) is 6.92 Å². The third kappa shape index (κ3) is 5.99. The fourth-order valence-corrected chi connectivity index (χ4v) is 4.46. The van der Waals surface area contributed by atoms with E-state index in [9.17, 15) is 21.6 Å². The average Bonchev–Trinajstić information content (AvgIpc) is 2.47. The van der Waals surface area contributed by atoms with Crippen molar-refractivity contribution in [2.24, 2.45) is 5.92 Å². The lowest BCUT2D eigenvalue weighted by atomic mass is 10.0. The summed E-state index contributed by atoms with van der Waals surface area (Å²) in [5, 5.41) is 2.99. The molecule has 2 fully saturated rings. The van der Waals surface area contributed by atoms with Crippen molar-refractivity contribution < 1.29 is 21.6 Å². The molecular formula is C13H26ClF3N4O2S. The van der Waals surface area contributed by atoms with Crippen LogP contribution in [0.25, 0.3) is 0 Å². The number of hydrogen-bond donors (Lipinski definition) is 2. The lowest BCUT2D eigenvalue weighted by molar-refractivity contribution is -0.182. The quantitative estimate of drug-likeness (QED) is 0.724. The van der Waals surface area contributed by atoms with Gasteiger partial charge in [0, 0.05) is 45.8 Å². The molecule has 0 bridgehead atoms. The molecule has 2 aliphatic rings. The Kier molecular flexibility index (Phi) is 8.21. The zero-order valence-corrected chi connectivity index (χ0v) is 15.3. The molecule has 2 atom stereocenters. The Morgan fingerprint density at radius 2 is 1.88 bits per heavy atom. The highest BCUT2D eigenvalue weighted by atomic mass is 35.5. The molecule has 2 heterocycles. The van der Waals surface area contributed by atoms with Gasteiger partial charge < -0.3 is 5.32 Å². The maximum Gasteiger partial charge on any atom is 0.405 e. The van der Waals surface area contributed by atoms with Gasteiger partial charge in [0.2, 0.25) is 0 Å². The van der Waals surface area contributed by atoms with Gasteiger partial charge in [-0.15, -0.1) is 12.4 Å². The van der Waals surface area contributed by atoms with Crippen molar-refractivity contribution in [3.63, 3.8) is 0 Å². The van der Waals surface area contributed by atoms with Gasteiger partial charge in [0.25, 0.3) is 10.2 Å². The average molecular weight is 395 g/mol. The largest absolute Gasteiger partial charge is 0.405 e. The van der Waals surface area contributed by atoms with E-state index >= 15 is 0 Å². The van der Waals surface area contributed by atoms with E-state index in [4.69, 9.17) is 0 Å². The predicted molar refractivity (Wildman–Crippen MR) is 88.4 cm³/mol. The summed E-state index contributed by atoms with van der Waals surface area (Å²) < 4.78 is 67.8. The first kappa shape index (κ1) is 21.9. The summed E-state index contributed by atoms with van der Waals surface area (Å²) in [5.74, 6) is 0.229. The van der Waals surface area contributed by atoms with E-state index in [0.717, 1.165) is 12.8 Å². The molecule has 2 N–H and O–H groups in total. The van der Waals surface area contributed by atoms with E-state index in [0.29, 0.717) is 26.2 Å². The van der Waals surface area contributed by atoms with Gasteiger partial charge >= 0.3 is 6.18 Å². The molecule has 11 heteroatoms. The molecule has 2 rings (SSSR count). The fraction of sp³-hybridized carbons (Fsp3) is 1.00. The minimum absolute atomic E-state index is 0. The van der Waals surface area contributed by atoms with E-state index in [1.54, 1.807) is 0 Å². The van der Waals surface area contributed by atoms with E-state index in [2.05, 4.69) is 10.0 Å². The Labute approximate surface area is 147 Å². The summed E-state index contributed by atoms with van der Waals surface area (Å²) in [6.45, 7) is 3.49. The second-order valence-electron chi connectivity index (χ2n) is 6.30. The van der Waals surface area contributed by atoms with Gasteiger partial charge in [-0.25, -0.2) is 4.72 Å². The Bertz CT molecular complexity index is 486. The van der Waals surface area contributed by atoms with Crippen molar-refractivity contribution in [2.75, 3.05) is 45.8 Å². The van der Waals surface area contributed by atoms with Crippen LogP contribution in [-0.2, 0) is 10.2 Å². The maximum atomic E-state index is 13.3. The molecule has 0 aromatic rings. The van der Waals surface area contributed by atoms with Crippen LogP contribution in [0.15, 0.2) is 0 Å². The second-order valence-corrected chi connectivity index (χ2v) is 8.06. The molecule has 2 unspecified atom stereocenters. The molecule has 2 aliphatic heterocycles. The SMILES string of the molecule is CC1CCCN(S(=O)(=O)NCC(N2CCNCC2)C(F)(F)F)C1.Cl. The number of nitrogens with one attached hydrogen (secondary N) is 2. The summed E-state index contributed by atoms with van der Waals surface area (Å²) in [4.78, 5) is 1.29. The van der Waals surface area contributed by atoms with Crippen molar-refractivity contribution in [3.05, 3.63) is 0 Å². The standard InChI is InChI=1S/C13H25F3N4O2S.ClH/c1-11-3-2-6-20(10-11)23(21,22)18-9-12(13(14,15)16)19-7-4-17-5-8-19;/h11-12,17-18H,2-10H2,1H3;1H. The molecule has 0 aromatic heterocycles. The highest BCUT2D eigenvalue weighted by Crippen LogP contribution is 2.25. The van der Waals surface area contributed by atoms with Crippen molar-refractivity contribution in [1.29, 1.82) is 0 Å². The first-order valence-corrected chi connectivity index (χ1v) is 9.40. The summed E-state index contributed by atoms with van der Waals surface area (Å²) in [5.41, 5.74) is 0. The topological polar surface area (TPSA) is 64.7 Å². The van der Waals surface area contributed by atoms with Gasteiger partial charge in [0.15, 0.2) is 0 Å². The van der Waals surface area contributed by atoms with E-state index in [-0.39, 0.29) is 31.4 Å². The highest BCUT2D eigenvalue weighted by molar-refractivity contribution is 7.87. The highest BCUT2D eigenvalue weighted by Gasteiger charge is 2.44. The number of nitrogens with zero attached hydrogens (tertiary/aromatic N) is 2. The monoisotopic (exact) mass is 394 g/mol. The van der Waals surface area contributed by atoms with Gasteiger partial charge in [-0.3, -0.25) is 4.90 Å². The summed E-state index contributed by atoms with van der Waals surface area (Å²) in [7, 11) is -3.87. The van der Waals surface area contributed by atoms with Gasteiger partial charge in [0.05, 0.1) is 0 Å². The molecule has 0 saturated carbocycles. The third-order valence-corrected chi connectivity index (χ3v) is 5.93. The number of rotatable bonds is 5. The van der Waals surface area contributed by atoms with E-state index < -0.39 is 29.0 Å². The molecule has 6 nitrogen and oxygen atoms in total. The normalized spacial score (nSPS) is 25.9. The van der Waals surface area contributed by atoms with Gasteiger partial charge in [-0.2, -0.15) is 25.9 Å². The molecule has 2 saturated heterocycles. The van der Waals surface area contributed by atoms with Crippen LogP contribution in [0.3, 0.4) is 0 Å². The first-order valence-electron chi connectivity index (χ1n) is 7.96. The second kappa shape index (κ2) is 9.00. The minimum Gasteiger partial charge on any atom is -0.314 e. The predicted octanol–water partition coefficient (Wildman–Crippen LogP) is 0.811. The van der Waals surface area contributed by atoms with Crippen LogP contribution >= 0.6 is 12.4 Å². The maximum absolute atomic E-state index is 13.3. The van der Waals surface area contributed by atoms with Crippen molar-refractivity contribution >= 4 is 22.6 Å². The lowest BCUT2D eigenvalue weighted by Crippen LogP contribution is -2.58. The summed E-state index contributed by atoms with van der Waals surface area (Å²) in [6.07, 6.45) is -2.78. The van der Waals surface area contributed by atoms with Crippen molar-refractivity contribution in [2.45, 2.75) is 32.0 Å². The van der Waals surface area contributed by atoms with Crippen LogP contribution in [0.4, 0.5) is 13.2 Å². The molecular weight excluding hydrogens is 369 g/mol. The van der Waals surface area contributed by atoms with Crippen LogP contribution in [-0.4, -0.2) is 75.7 Å². The Morgan fingerprint density at radius 3 is 2.42 bits per heavy atom. The number of hydrogen-bond acceptors (Lipinski definition) is 4. The molecule has 0 aliphatic carbocycles. The molecule has 0 amide bonds. The first-order chi connectivity index (χ1) is 10.7. The zero-order chi connectivity index (χ0) is 17.1. The fourth-order valence-electron chi connectivity index (χ4n) is 3.09. The van der Waals surface area contributed by atoms with Gasteiger partial charge in [0.1, 0.15) is 6.04 Å². The molecule has 0 spiro atoms. The Morgan fingerprint density at radius 1 is 1.25 bits per heavy atom. The summed E-state index contributed by atoms with van der Waals surface area (Å²) in [6, 6.07) is -1.79. The minimum atomic E-state index is -4.46. The number of piperazine rings is 1. The molecule has 0 aromatic carbocycles. The Balaban J connectivity index is 0.00000288. The number of piperidine rings is 1. The zero-order valence-electron chi connectivity index (χ0n) is 13.7.